The molecule has 0 saturated heterocycles. The summed E-state index contributed by atoms with van der Waals surface area (Å²) >= 11 is 0. The van der Waals surface area contributed by atoms with Crippen LogP contribution in [0.4, 0.5) is 11.4 Å². The fraction of sp³-hybridized carbons (Fsp3) is 0.192. The molecule has 0 aliphatic carbocycles. The van der Waals surface area contributed by atoms with Gasteiger partial charge in [0, 0.05) is 42.7 Å². The van der Waals surface area contributed by atoms with E-state index in [0.29, 0.717) is 30.6 Å². The first kappa shape index (κ1) is 23.0. The van der Waals surface area contributed by atoms with E-state index < -0.39 is 0 Å². The summed E-state index contributed by atoms with van der Waals surface area (Å²) in [6.07, 6.45) is 0.496. The van der Waals surface area contributed by atoms with Gasteiger partial charge in [0.15, 0.2) is 0 Å². The van der Waals surface area contributed by atoms with Crippen LogP contribution >= 0.6 is 0 Å². The Labute approximate surface area is 198 Å². The third kappa shape index (κ3) is 4.92. The first-order valence-corrected chi connectivity index (χ1v) is 11.1. The molecule has 0 aliphatic heterocycles. The maximum absolute atomic E-state index is 13.3. The molecule has 8 heteroatoms. The molecule has 5 N–H and O–H groups in total. The average Bonchev–Trinajstić information content (AvgIpc) is 3.18. The molecule has 0 aliphatic rings. The number of aromatic nitrogens is 2. The first-order chi connectivity index (χ1) is 16.5. The number of amidine groups is 1. The number of anilines is 2. The topological polar surface area (TPSA) is 120 Å². The highest BCUT2D eigenvalue weighted by atomic mass is 16.3. The Kier molecular flexibility index (Phi) is 6.89. The number of carbonyl (C=O) groups is 1. The number of carbonyl (C=O) groups excluding carboxylic acids is 1. The lowest BCUT2D eigenvalue weighted by Crippen LogP contribution is -2.32. The number of nitrogen functional groups attached to an aromatic ring is 1. The van der Waals surface area contributed by atoms with Gasteiger partial charge in [-0.05, 0) is 61.0 Å². The van der Waals surface area contributed by atoms with E-state index in [1.54, 1.807) is 17.0 Å². The lowest BCUT2D eigenvalue weighted by Gasteiger charge is -2.22. The van der Waals surface area contributed by atoms with Crippen molar-refractivity contribution in [1.82, 2.24) is 9.55 Å². The van der Waals surface area contributed by atoms with Gasteiger partial charge in [-0.2, -0.15) is 0 Å². The maximum atomic E-state index is 13.3. The molecule has 0 bridgehead atoms. The molecule has 4 aromatic rings. The first-order valence-electron chi connectivity index (χ1n) is 11.1. The predicted molar refractivity (Wildman–Crippen MR) is 135 cm³/mol. The zero-order valence-electron chi connectivity index (χ0n) is 19.0. The van der Waals surface area contributed by atoms with Crippen LogP contribution < -0.4 is 16.0 Å². The van der Waals surface area contributed by atoms with Crippen molar-refractivity contribution < 1.29 is 9.90 Å². The van der Waals surface area contributed by atoms with Crippen molar-refractivity contribution in [2.75, 3.05) is 23.4 Å². The van der Waals surface area contributed by atoms with E-state index in [1.165, 1.54) is 0 Å². The summed E-state index contributed by atoms with van der Waals surface area (Å²) in [6, 6.07) is 22.4. The Bertz CT molecular complexity index is 1300. The zero-order valence-corrected chi connectivity index (χ0v) is 19.0. The maximum Gasteiger partial charge on any atom is 0.258 e. The lowest BCUT2D eigenvalue weighted by atomic mass is 10.1. The Morgan fingerprint density at radius 1 is 1.09 bits per heavy atom. The summed E-state index contributed by atoms with van der Waals surface area (Å²) in [7, 11) is 1.95. The van der Waals surface area contributed by atoms with E-state index in [0.717, 1.165) is 28.2 Å². The summed E-state index contributed by atoms with van der Waals surface area (Å²) in [6.45, 7) is 0.946. The number of fused-ring (bicyclic) bond motifs is 1. The third-order valence-electron chi connectivity index (χ3n) is 5.72. The van der Waals surface area contributed by atoms with E-state index in [2.05, 4.69) is 5.32 Å². The molecule has 1 amide bonds. The molecule has 1 heterocycles. The molecule has 174 valence electrons. The number of aliphatic hydroxyl groups excluding tert-OH is 1. The van der Waals surface area contributed by atoms with Crippen LogP contribution in [0, 0.1) is 5.41 Å². The fourth-order valence-corrected chi connectivity index (χ4v) is 3.83. The van der Waals surface area contributed by atoms with Crippen LogP contribution in [0.25, 0.3) is 11.0 Å². The average molecular weight is 457 g/mol. The summed E-state index contributed by atoms with van der Waals surface area (Å²) in [5, 5.41) is 20.1. The Morgan fingerprint density at radius 3 is 2.47 bits per heavy atom. The fourth-order valence-electron chi connectivity index (χ4n) is 3.83. The number of rotatable bonds is 9. The highest BCUT2D eigenvalue weighted by Crippen LogP contribution is 2.22. The smallest absolute Gasteiger partial charge is 0.258 e. The van der Waals surface area contributed by atoms with Crippen LogP contribution in [0.5, 0.6) is 0 Å². The summed E-state index contributed by atoms with van der Waals surface area (Å²) < 4.78 is 2.00. The number of nitrogens with zero attached hydrogens (tertiary/aromatic N) is 3. The number of imidazole rings is 1. The van der Waals surface area contributed by atoms with Gasteiger partial charge in [0.2, 0.25) is 0 Å². The molecule has 4 rings (SSSR count). The van der Waals surface area contributed by atoms with E-state index in [9.17, 15) is 9.90 Å². The quantitative estimate of drug-likeness (QED) is 0.227. The van der Waals surface area contributed by atoms with Crippen LogP contribution in [0.1, 0.15) is 28.2 Å². The molecule has 0 spiro atoms. The second-order valence-electron chi connectivity index (χ2n) is 8.00. The van der Waals surface area contributed by atoms with Gasteiger partial charge >= 0.3 is 0 Å². The monoisotopic (exact) mass is 456 g/mol. The molecular formula is C26H28N6O2. The van der Waals surface area contributed by atoms with Gasteiger partial charge in [0.05, 0.1) is 17.6 Å². The highest BCUT2D eigenvalue weighted by molar-refractivity contribution is 6.07. The largest absolute Gasteiger partial charge is 0.396 e. The number of amides is 1. The molecule has 1 aromatic heterocycles. The van der Waals surface area contributed by atoms with E-state index in [4.69, 9.17) is 16.1 Å². The van der Waals surface area contributed by atoms with Crippen molar-refractivity contribution in [3.63, 3.8) is 0 Å². The van der Waals surface area contributed by atoms with Gasteiger partial charge in [0.25, 0.3) is 5.91 Å². The van der Waals surface area contributed by atoms with Crippen LogP contribution in [0.3, 0.4) is 0 Å². The van der Waals surface area contributed by atoms with Gasteiger partial charge in [-0.3, -0.25) is 10.2 Å². The Morgan fingerprint density at radius 2 is 1.79 bits per heavy atom. The van der Waals surface area contributed by atoms with Crippen molar-refractivity contribution in [2.45, 2.75) is 13.0 Å². The number of para-hydroxylation sites is 1. The predicted octanol–water partition coefficient (Wildman–Crippen LogP) is 3.50. The molecule has 0 atom stereocenters. The second-order valence-corrected chi connectivity index (χ2v) is 8.00. The summed E-state index contributed by atoms with van der Waals surface area (Å²) in [4.78, 5) is 19.8. The molecular weight excluding hydrogens is 428 g/mol. The number of hydrogen-bond donors (Lipinski definition) is 4. The number of nitrogens with two attached hydrogens (primary N) is 1. The van der Waals surface area contributed by atoms with Crippen molar-refractivity contribution >= 4 is 34.2 Å². The van der Waals surface area contributed by atoms with Crippen LogP contribution in [-0.2, 0) is 13.6 Å². The minimum Gasteiger partial charge on any atom is -0.396 e. The number of nitrogens with one attached hydrogen (secondary N) is 2. The number of benzene rings is 3. The highest BCUT2D eigenvalue weighted by Gasteiger charge is 2.19. The van der Waals surface area contributed by atoms with Crippen molar-refractivity contribution in [2.24, 2.45) is 12.8 Å². The van der Waals surface area contributed by atoms with Gasteiger partial charge in [-0.25, -0.2) is 4.98 Å². The van der Waals surface area contributed by atoms with Gasteiger partial charge < -0.3 is 25.6 Å². The minimum absolute atomic E-state index is 0.0176. The van der Waals surface area contributed by atoms with Gasteiger partial charge in [0.1, 0.15) is 11.7 Å². The standard InChI is InChI=1S/C26H28N6O2/c1-31-23-13-10-19(26(34)32(14-5-15-33)21-6-3-2-4-7-21)16-22(23)30-24(31)17-29-20-11-8-18(9-12-20)25(27)28/h2-4,6-13,16,29,33H,5,14-15,17H2,1H3,(H3,27,28). The molecule has 8 nitrogen and oxygen atoms in total. The molecule has 34 heavy (non-hydrogen) atoms. The molecule has 3 aromatic carbocycles. The second kappa shape index (κ2) is 10.2. The van der Waals surface area contributed by atoms with Crippen molar-refractivity contribution in [3.8, 4) is 0 Å². The Balaban J connectivity index is 1.55. The van der Waals surface area contributed by atoms with E-state index >= 15 is 0 Å². The zero-order chi connectivity index (χ0) is 24.1. The van der Waals surface area contributed by atoms with E-state index in [1.807, 2.05) is 72.3 Å². The molecule has 0 fully saturated rings. The molecule has 0 saturated carbocycles. The third-order valence-corrected chi connectivity index (χ3v) is 5.72. The number of aryl methyl sites for hydroxylation is 1. The van der Waals surface area contributed by atoms with Crippen LogP contribution in [-0.4, -0.2) is 39.6 Å². The number of hydrogen-bond acceptors (Lipinski definition) is 5. The summed E-state index contributed by atoms with van der Waals surface area (Å²) in [5.41, 5.74) is 10.1. The minimum atomic E-state index is -0.127. The summed E-state index contributed by atoms with van der Waals surface area (Å²) in [5.74, 6) is 0.738. The van der Waals surface area contributed by atoms with Gasteiger partial charge in [-0.15, -0.1) is 0 Å². The lowest BCUT2D eigenvalue weighted by molar-refractivity contribution is 0.0985. The van der Waals surface area contributed by atoms with Crippen molar-refractivity contribution in [1.29, 1.82) is 5.41 Å². The SMILES string of the molecule is Cn1c(CNc2ccc(C(=N)N)cc2)nc2cc(C(=O)N(CCCO)c3ccccc3)ccc21. The molecule has 0 unspecified atom stereocenters. The normalized spacial score (nSPS) is 10.9. The van der Waals surface area contributed by atoms with Crippen LogP contribution in [0.2, 0.25) is 0 Å². The van der Waals surface area contributed by atoms with E-state index in [-0.39, 0.29) is 18.3 Å². The van der Waals surface area contributed by atoms with Gasteiger partial charge in [-0.1, -0.05) is 18.2 Å². The van der Waals surface area contributed by atoms with Crippen molar-refractivity contribution in [3.05, 3.63) is 89.7 Å². The Hall–Kier alpha value is -4.17. The van der Waals surface area contributed by atoms with Crippen LogP contribution in [0.15, 0.2) is 72.8 Å². The molecule has 0 radical (unpaired) electrons. The number of aliphatic hydroxyl groups is 1.